The summed E-state index contributed by atoms with van der Waals surface area (Å²) in [5, 5.41) is 2.87. The topological polar surface area (TPSA) is 84.5 Å². The molecule has 0 spiro atoms. The molecule has 1 heterocycles. The molecule has 2 aromatic rings. The van der Waals surface area contributed by atoms with Crippen LogP contribution in [-0.2, 0) is 25.0 Å². The smallest absolute Gasteiger partial charge is 0.244 e. The molecule has 30 heavy (non-hydrogen) atoms. The molecule has 1 fully saturated rings. The van der Waals surface area contributed by atoms with Crippen molar-refractivity contribution in [2.75, 3.05) is 19.8 Å². The Hall–Kier alpha value is -1.81. The van der Waals surface area contributed by atoms with Crippen LogP contribution in [0.2, 0.25) is 0 Å². The van der Waals surface area contributed by atoms with Gasteiger partial charge in [0.05, 0.1) is 6.04 Å². The minimum Gasteiger partial charge on any atom is -0.381 e. The second-order valence-electron chi connectivity index (χ2n) is 7.39. The highest BCUT2D eigenvalue weighted by Gasteiger charge is 2.35. The highest BCUT2D eigenvalue weighted by atomic mass is 79.9. The molecule has 0 unspecified atom stereocenters. The number of amides is 1. The lowest BCUT2D eigenvalue weighted by Gasteiger charge is -2.38. The predicted octanol–water partition coefficient (Wildman–Crippen LogP) is 3.12. The Morgan fingerprint density at radius 1 is 1.20 bits per heavy atom. The summed E-state index contributed by atoms with van der Waals surface area (Å²) in [5.41, 5.74) is 0.780. The van der Waals surface area contributed by atoms with E-state index in [2.05, 4.69) is 26.0 Å². The van der Waals surface area contributed by atoms with Gasteiger partial charge >= 0.3 is 0 Å². The first-order valence-electron chi connectivity index (χ1n) is 9.62. The number of hydrogen-bond acceptors (Lipinski definition) is 4. The third-order valence-electron chi connectivity index (χ3n) is 5.34. The zero-order valence-corrected chi connectivity index (χ0v) is 18.9. The van der Waals surface area contributed by atoms with Gasteiger partial charge in [-0.2, -0.15) is 4.72 Å². The van der Waals surface area contributed by atoms with Crippen molar-refractivity contribution in [3.63, 3.8) is 0 Å². The van der Waals surface area contributed by atoms with Crippen molar-refractivity contribution < 1.29 is 22.3 Å². The van der Waals surface area contributed by atoms with Crippen LogP contribution in [0.15, 0.2) is 57.9 Å². The Morgan fingerprint density at radius 2 is 1.90 bits per heavy atom. The van der Waals surface area contributed by atoms with E-state index < -0.39 is 32.7 Å². The largest absolute Gasteiger partial charge is 0.381 e. The van der Waals surface area contributed by atoms with Crippen molar-refractivity contribution in [3.8, 4) is 0 Å². The molecule has 1 amide bonds. The van der Waals surface area contributed by atoms with Crippen LogP contribution in [0, 0.1) is 5.82 Å². The van der Waals surface area contributed by atoms with Gasteiger partial charge in [0, 0.05) is 29.6 Å². The van der Waals surface area contributed by atoms with Gasteiger partial charge in [0.25, 0.3) is 0 Å². The van der Waals surface area contributed by atoms with Crippen molar-refractivity contribution in [2.45, 2.75) is 36.1 Å². The monoisotopic (exact) mass is 498 g/mol. The van der Waals surface area contributed by atoms with E-state index in [4.69, 9.17) is 4.74 Å². The first-order valence-corrected chi connectivity index (χ1v) is 11.9. The van der Waals surface area contributed by atoms with Crippen LogP contribution >= 0.6 is 15.9 Å². The number of hydrogen-bond donors (Lipinski definition) is 2. The summed E-state index contributed by atoms with van der Waals surface area (Å²) in [6.07, 6.45) is 1.47. The van der Waals surface area contributed by atoms with Gasteiger partial charge in [-0.15, -0.1) is 0 Å². The lowest BCUT2D eigenvalue weighted by Crippen LogP contribution is -2.50. The molecule has 2 N–H and O–H groups in total. The van der Waals surface area contributed by atoms with Gasteiger partial charge in [-0.3, -0.25) is 4.79 Å². The van der Waals surface area contributed by atoms with Crippen molar-refractivity contribution in [3.05, 3.63) is 64.4 Å². The molecule has 1 aliphatic heterocycles. The molecule has 0 bridgehead atoms. The number of sulfonamides is 1. The minimum absolute atomic E-state index is 0.304. The third kappa shape index (κ3) is 5.26. The van der Waals surface area contributed by atoms with E-state index >= 15 is 0 Å². The maximum absolute atomic E-state index is 13.9. The lowest BCUT2D eigenvalue weighted by molar-refractivity contribution is -0.122. The number of carbonyl (C=O) groups is 1. The Bertz CT molecular complexity index is 1010. The van der Waals surface area contributed by atoms with E-state index in [1.807, 2.05) is 24.3 Å². The molecule has 0 aliphatic carbocycles. The van der Waals surface area contributed by atoms with E-state index in [0.717, 1.165) is 35.0 Å². The van der Waals surface area contributed by atoms with Crippen LogP contribution in [0.5, 0.6) is 0 Å². The van der Waals surface area contributed by atoms with Gasteiger partial charge < -0.3 is 10.1 Å². The average Bonchev–Trinajstić information content (AvgIpc) is 2.72. The highest BCUT2D eigenvalue weighted by molar-refractivity contribution is 9.10. The lowest BCUT2D eigenvalue weighted by atomic mass is 9.74. The van der Waals surface area contributed by atoms with Crippen LogP contribution in [0.1, 0.15) is 25.3 Å². The van der Waals surface area contributed by atoms with Crippen molar-refractivity contribution in [1.29, 1.82) is 0 Å². The summed E-state index contributed by atoms with van der Waals surface area (Å²) in [6.45, 7) is 2.94. The molecular formula is C21H24BrFN2O4S. The van der Waals surface area contributed by atoms with Crippen LogP contribution in [0.25, 0.3) is 0 Å². The second-order valence-corrected chi connectivity index (χ2v) is 9.99. The van der Waals surface area contributed by atoms with Gasteiger partial charge in [-0.1, -0.05) is 40.2 Å². The van der Waals surface area contributed by atoms with Gasteiger partial charge in [0.2, 0.25) is 15.9 Å². The normalized spacial score (nSPS) is 17.3. The molecule has 0 radical (unpaired) electrons. The predicted molar refractivity (Wildman–Crippen MR) is 115 cm³/mol. The Balaban J connectivity index is 1.70. The first-order chi connectivity index (χ1) is 14.2. The maximum Gasteiger partial charge on any atom is 0.244 e. The standard InChI is InChI=1S/C21H24BrFN2O4S/c1-15(25-30(27,28)19-8-3-2-7-18(19)23)20(26)24-14-21(9-11-29-12-10-21)16-5-4-6-17(22)13-16/h2-8,13,15,25H,9-12,14H2,1H3,(H,24,26)/t15-/m0/s1. The fourth-order valence-electron chi connectivity index (χ4n) is 3.57. The molecule has 162 valence electrons. The Morgan fingerprint density at radius 3 is 2.57 bits per heavy atom. The summed E-state index contributed by atoms with van der Waals surface area (Å²) in [4.78, 5) is 12.2. The molecule has 6 nitrogen and oxygen atoms in total. The zero-order chi connectivity index (χ0) is 21.8. The first kappa shape index (κ1) is 22.9. The molecule has 0 aromatic heterocycles. The van der Waals surface area contributed by atoms with Crippen LogP contribution in [-0.4, -0.2) is 40.1 Å². The van der Waals surface area contributed by atoms with Gasteiger partial charge in [0.1, 0.15) is 10.7 Å². The number of ether oxygens (including phenoxy) is 1. The number of carbonyl (C=O) groups excluding carboxylic acids is 1. The van der Waals surface area contributed by atoms with Crippen molar-refractivity contribution in [2.24, 2.45) is 0 Å². The van der Waals surface area contributed by atoms with E-state index in [9.17, 15) is 17.6 Å². The van der Waals surface area contributed by atoms with Crippen molar-refractivity contribution >= 4 is 31.9 Å². The number of rotatable bonds is 7. The number of benzene rings is 2. The molecular weight excluding hydrogens is 475 g/mol. The van der Waals surface area contributed by atoms with E-state index in [1.54, 1.807) is 0 Å². The molecule has 1 atom stereocenters. The fourth-order valence-corrected chi connectivity index (χ4v) is 5.25. The molecule has 3 rings (SSSR count). The number of nitrogens with one attached hydrogen (secondary N) is 2. The summed E-state index contributed by atoms with van der Waals surface area (Å²) in [5.74, 6) is -1.34. The van der Waals surface area contributed by atoms with Crippen LogP contribution in [0.4, 0.5) is 4.39 Å². The van der Waals surface area contributed by atoms with E-state index in [1.165, 1.54) is 19.1 Å². The fraction of sp³-hybridized carbons (Fsp3) is 0.381. The van der Waals surface area contributed by atoms with Gasteiger partial charge in [0.15, 0.2) is 0 Å². The van der Waals surface area contributed by atoms with E-state index in [-0.39, 0.29) is 5.41 Å². The SMILES string of the molecule is C[C@H](NS(=O)(=O)c1ccccc1F)C(=O)NCC1(c2cccc(Br)c2)CCOCC1. The van der Waals surface area contributed by atoms with Gasteiger partial charge in [-0.25, -0.2) is 12.8 Å². The summed E-state index contributed by atoms with van der Waals surface area (Å²) >= 11 is 3.49. The Labute approximate surface area is 184 Å². The number of halogens is 2. The quantitative estimate of drug-likeness (QED) is 0.614. The maximum atomic E-state index is 13.9. The minimum atomic E-state index is -4.16. The van der Waals surface area contributed by atoms with Crippen molar-refractivity contribution in [1.82, 2.24) is 10.0 Å². The Kier molecular flexibility index (Phi) is 7.28. The third-order valence-corrected chi connectivity index (χ3v) is 7.41. The average molecular weight is 499 g/mol. The molecule has 1 saturated heterocycles. The molecule has 1 aliphatic rings. The van der Waals surface area contributed by atoms with Crippen LogP contribution < -0.4 is 10.0 Å². The summed E-state index contributed by atoms with van der Waals surface area (Å²) in [7, 11) is -4.16. The second kappa shape index (κ2) is 9.55. The summed E-state index contributed by atoms with van der Waals surface area (Å²) < 4.78 is 47.5. The molecule has 0 saturated carbocycles. The van der Waals surface area contributed by atoms with Crippen LogP contribution in [0.3, 0.4) is 0 Å². The van der Waals surface area contributed by atoms with Gasteiger partial charge in [-0.05, 0) is 49.6 Å². The zero-order valence-electron chi connectivity index (χ0n) is 16.5. The molecule has 2 aromatic carbocycles. The van der Waals surface area contributed by atoms with E-state index in [0.29, 0.717) is 19.8 Å². The summed E-state index contributed by atoms with van der Waals surface area (Å²) in [6, 6.07) is 11.9. The highest BCUT2D eigenvalue weighted by Crippen LogP contribution is 2.35. The molecule has 9 heteroatoms.